The lowest BCUT2D eigenvalue weighted by atomic mass is 10.1. The first kappa shape index (κ1) is 24.1. The summed E-state index contributed by atoms with van der Waals surface area (Å²) in [4.78, 5) is 12.4. The van der Waals surface area contributed by atoms with Crippen molar-refractivity contribution in [2.75, 3.05) is 6.26 Å². The fraction of sp³-hybridized carbons (Fsp3) is 0.125. The lowest BCUT2D eigenvalue weighted by Crippen LogP contribution is -2.29. The van der Waals surface area contributed by atoms with Crippen molar-refractivity contribution in [2.24, 2.45) is 0 Å². The normalized spacial score (nSPS) is 11.5. The predicted molar refractivity (Wildman–Crippen MR) is 131 cm³/mol. The molecule has 0 aliphatic rings. The zero-order valence-electron chi connectivity index (χ0n) is 17.9. The summed E-state index contributed by atoms with van der Waals surface area (Å²) in [6, 6.07) is 16.3. The molecule has 34 heavy (non-hydrogen) atoms. The molecule has 1 amide bonds. The molecule has 0 unspecified atom stereocenters. The molecular formula is C24H19Cl2FN2O4S. The van der Waals surface area contributed by atoms with E-state index in [1.54, 1.807) is 54.7 Å². The topological polar surface area (TPSA) is 77.4 Å². The number of halogens is 3. The molecule has 0 fully saturated rings. The number of ether oxygens (including phenoxy) is 1. The Morgan fingerprint density at radius 3 is 2.50 bits per heavy atom. The quantitative estimate of drug-likeness (QED) is 0.353. The Balaban J connectivity index is 1.63. The number of carbonyl (C=O) groups excluding carboxylic acids is 1. The van der Waals surface area contributed by atoms with Crippen LogP contribution in [0.2, 0.25) is 10.0 Å². The van der Waals surface area contributed by atoms with E-state index in [1.807, 2.05) is 15.4 Å². The van der Waals surface area contributed by atoms with E-state index in [1.165, 1.54) is 6.07 Å². The van der Waals surface area contributed by atoms with Crippen LogP contribution < -0.4 is 9.46 Å². The van der Waals surface area contributed by atoms with E-state index >= 15 is 0 Å². The molecule has 0 saturated heterocycles. The first-order chi connectivity index (χ1) is 16.1. The van der Waals surface area contributed by atoms with Crippen LogP contribution in [0, 0.1) is 5.82 Å². The van der Waals surface area contributed by atoms with Crippen LogP contribution in [-0.2, 0) is 23.2 Å². The molecule has 4 rings (SSSR count). The molecule has 0 aliphatic heterocycles. The average molecular weight is 521 g/mol. The second-order valence-corrected chi connectivity index (χ2v) is 10.3. The van der Waals surface area contributed by atoms with E-state index in [0.29, 0.717) is 33.3 Å². The van der Waals surface area contributed by atoms with Gasteiger partial charge in [-0.05, 0) is 48.5 Å². The highest BCUT2D eigenvalue weighted by atomic mass is 35.5. The number of nitrogens with one attached hydrogen (secondary N) is 1. The zero-order chi connectivity index (χ0) is 24.5. The predicted octanol–water partition coefficient (Wildman–Crippen LogP) is 5.40. The Bertz CT molecular complexity index is 1500. The number of benzene rings is 3. The van der Waals surface area contributed by atoms with E-state index < -0.39 is 21.7 Å². The first-order valence-electron chi connectivity index (χ1n) is 10.1. The molecule has 1 aromatic heterocycles. The molecule has 6 nitrogen and oxygen atoms in total. The van der Waals surface area contributed by atoms with Gasteiger partial charge in [-0.2, -0.15) is 0 Å². The minimum Gasteiger partial charge on any atom is -0.488 e. The van der Waals surface area contributed by atoms with Gasteiger partial charge in [-0.15, -0.1) is 0 Å². The van der Waals surface area contributed by atoms with Gasteiger partial charge in [0.05, 0.1) is 12.8 Å². The number of fused-ring (bicyclic) bond motifs is 1. The van der Waals surface area contributed by atoms with E-state index in [2.05, 4.69) is 0 Å². The van der Waals surface area contributed by atoms with Gasteiger partial charge >= 0.3 is 0 Å². The summed E-state index contributed by atoms with van der Waals surface area (Å²) < 4.78 is 46.9. The molecule has 0 radical (unpaired) electrons. The summed E-state index contributed by atoms with van der Waals surface area (Å²) in [5.41, 5.74) is 2.06. The highest BCUT2D eigenvalue weighted by Crippen LogP contribution is 2.28. The first-order valence-corrected chi connectivity index (χ1v) is 12.7. The van der Waals surface area contributed by atoms with Gasteiger partial charge in [0.1, 0.15) is 18.2 Å². The van der Waals surface area contributed by atoms with E-state index in [0.717, 1.165) is 17.3 Å². The Kier molecular flexibility index (Phi) is 6.84. The molecule has 1 heterocycles. The molecule has 10 heteroatoms. The molecular weight excluding hydrogens is 502 g/mol. The van der Waals surface area contributed by atoms with Gasteiger partial charge in [0.25, 0.3) is 5.91 Å². The van der Waals surface area contributed by atoms with Gasteiger partial charge in [-0.1, -0.05) is 35.3 Å². The minimum atomic E-state index is -3.70. The largest absolute Gasteiger partial charge is 0.488 e. The number of nitrogens with zero attached hydrogens (tertiary/aromatic N) is 1. The van der Waals surface area contributed by atoms with Crippen molar-refractivity contribution in [2.45, 2.75) is 13.2 Å². The smallest absolute Gasteiger partial charge is 0.265 e. The van der Waals surface area contributed by atoms with E-state index in [9.17, 15) is 17.6 Å². The molecule has 4 aromatic rings. The second-order valence-electron chi connectivity index (χ2n) is 7.66. The van der Waals surface area contributed by atoms with Crippen LogP contribution in [0.4, 0.5) is 4.39 Å². The molecule has 176 valence electrons. The number of carbonyl (C=O) groups is 1. The van der Waals surface area contributed by atoms with Crippen molar-refractivity contribution < 1.29 is 22.3 Å². The molecule has 0 atom stereocenters. The Morgan fingerprint density at radius 2 is 1.76 bits per heavy atom. The number of hydrogen-bond donors (Lipinski definition) is 1. The summed E-state index contributed by atoms with van der Waals surface area (Å²) >= 11 is 12.0. The van der Waals surface area contributed by atoms with Gasteiger partial charge in [0.15, 0.2) is 0 Å². The fourth-order valence-corrected chi connectivity index (χ4v) is 4.37. The summed E-state index contributed by atoms with van der Waals surface area (Å²) in [5.74, 6) is -0.645. The summed E-state index contributed by atoms with van der Waals surface area (Å²) in [5, 5.41) is 1.40. The Labute approximate surface area is 205 Å². The van der Waals surface area contributed by atoms with Crippen LogP contribution in [0.25, 0.3) is 10.9 Å². The van der Waals surface area contributed by atoms with Crippen LogP contribution in [0.3, 0.4) is 0 Å². The highest BCUT2D eigenvalue weighted by molar-refractivity contribution is 7.89. The molecule has 3 aromatic carbocycles. The lowest BCUT2D eigenvalue weighted by molar-refractivity contribution is 0.0983. The molecule has 0 saturated carbocycles. The minimum absolute atomic E-state index is 0.000127. The number of amides is 1. The monoisotopic (exact) mass is 520 g/mol. The van der Waals surface area contributed by atoms with E-state index in [-0.39, 0.29) is 12.2 Å². The lowest BCUT2D eigenvalue weighted by Gasteiger charge is -2.14. The Morgan fingerprint density at radius 1 is 1.03 bits per heavy atom. The van der Waals surface area contributed by atoms with Crippen molar-refractivity contribution in [3.63, 3.8) is 0 Å². The zero-order valence-corrected chi connectivity index (χ0v) is 20.2. The van der Waals surface area contributed by atoms with Crippen LogP contribution >= 0.6 is 23.2 Å². The van der Waals surface area contributed by atoms with Gasteiger partial charge in [-0.3, -0.25) is 4.79 Å². The molecule has 0 aliphatic carbocycles. The summed E-state index contributed by atoms with van der Waals surface area (Å²) in [6.45, 7) is 0.347. The molecule has 0 bridgehead atoms. The van der Waals surface area contributed by atoms with Gasteiger partial charge in [-0.25, -0.2) is 17.5 Å². The van der Waals surface area contributed by atoms with Gasteiger partial charge < -0.3 is 9.30 Å². The van der Waals surface area contributed by atoms with Crippen molar-refractivity contribution >= 4 is 50.0 Å². The number of sulfonamides is 1. The van der Waals surface area contributed by atoms with Crippen molar-refractivity contribution in [3.8, 4) is 5.75 Å². The van der Waals surface area contributed by atoms with Crippen molar-refractivity contribution in [3.05, 3.63) is 99.4 Å². The van der Waals surface area contributed by atoms with Crippen LogP contribution in [0.15, 0.2) is 66.9 Å². The fourth-order valence-electron chi connectivity index (χ4n) is 3.57. The molecule has 1 N–H and O–H groups in total. The number of hydrogen-bond acceptors (Lipinski definition) is 4. The standard InChI is InChI=1S/C24H19Cl2FN2O4S/c1-34(31,32)28-24(30)20-3-2-4-22-19(20)9-10-29(22)13-16-11-17(25)7-8-23(16)33-14-15-5-6-18(26)12-21(15)27/h2-12H,13-14H2,1H3,(H,28,30). The number of aromatic nitrogens is 1. The van der Waals surface area contributed by atoms with Crippen LogP contribution in [0.1, 0.15) is 21.5 Å². The van der Waals surface area contributed by atoms with Crippen LogP contribution in [-0.4, -0.2) is 25.1 Å². The van der Waals surface area contributed by atoms with Gasteiger partial charge in [0, 0.05) is 43.8 Å². The third kappa shape index (κ3) is 5.52. The van der Waals surface area contributed by atoms with Crippen LogP contribution in [0.5, 0.6) is 5.75 Å². The van der Waals surface area contributed by atoms with Gasteiger partial charge in [0.2, 0.25) is 10.0 Å². The molecule has 0 spiro atoms. The summed E-state index contributed by atoms with van der Waals surface area (Å²) in [6.07, 6.45) is 2.71. The maximum absolute atomic E-state index is 14.1. The second kappa shape index (κ2) is 9.66. The Hall–Kier alpha value is -3.07. The summed E-state index contributed by atoms with van der Waals surface area (Å²) in [7, 11) is -3.70. The SMILES string of the molecule is CS(=O)(=O)NC(=O)c1cccc2c1ccn2Cc1cc(Cl)ccc1OCc1ccc(Cl)cc1F. The van der Waals surface area contributed by atoms with E-state index in [4.69, 9.17) is 27.9 Å². The maximum atomic E-state index is 14.1. The third-order valence-corrected chi connectivity index (χ3v) is 6.12. The third-order valence-electron chi connectivity index (χ3n) is 5.10. The number of rotatable bonds is 7. The maximum Gasteiger partial charge on any atom is 0.265 e. The van der Waals surface area contributed by atoms with Crippen molar-refractivity contribution in [1.29, 1.82) is 0 Å². The van der Waals surface area contributed by atoms with Crippen molar-refractivity contribution in [1.82, 2.24) is 9.29 Å². The highest BCUT2D eigenvalue weighted by Gasteiger charge is 2.16. The average Bonchev–Trinajstić information content (AvgIpc) is 3.16.